The molecule has 0 bridgehead atoms. The van der Waals surface area contributed by atoms with E-state index in [9.17, 15) is 10.5 Å². The van der Waals surface area contributed by atoms with Gasteiger partial charge in [-0.25, -0.2) is 0 Å². The molecule has 1 saturated carbocycles. The van der Waals surface area contributed by atoms with Gasteiger partial charge in [-0.15, -0.1) is 0 Å². The highest BCUT2D eigenvalue weighted by atomic mass is 15.1. The Labute approximate surface area is 342 Å². The molecule has 0 atom stereocenters. The smallest absolute Gasteiger partial charge is 0.0991 e. The first-order valence-corrected chi connectivity index (χ1v) is 20.9. The van der Waals surface area contributed by atoms with Crippen molar-refractivity contribution in [3.63, 3.8) is 0 Å². The molecule has 0 N–H and O–H groups in total. The molecule has 4 heteroatoms. The minimum Gasteiger partial charge on any atom is -0.310 e. The highest BCUT2D eigenvalue weighted by Gasteiger charge is 2.26. The van der Waals surface area contributed by atoms with E-state index in [-0.39, 0.29) is 0 Å². The van der Waals surface area contributed by atoms with E-state index >= 15 is 0 Å². The number of hydrogen-bond donors (Lipinski definition) is 0. The highest BCUT2D eigenvalue weighted by Crippen LogP contribution is 2.50. The van der Waals surface area contributed by atoms with Crippen LogP contribution in [0.5, 0.6) is 0 Å². The summed E-state index contributed by atoms with van der Waals surface area (Å²) in [5.41, 5.74) is 11.8. The molecule has 1 fully saturated rings. The van der Waals surface area contributed by atoms with E-state index in [1.807, 2.05) is 24.3 Å². The third kappa shape index (κ3) is 6.60. The molecule has 0 spiro atoms. The van der Waals surface area contributed by atoms with E-state index in [1.165, 1.54) is 81.1 Å². The number of rotatable bonds is 9. The second-order valence-electron chi connectivity index (χ2n) is 16.6. The minimum absolute atomic E-state index is 0.427. The summed E-state index contributed by atoms with van der Waals surface area (Å²) in [5.74, 6) is 1.32. The van der Waals surface area contributed by atoms with Crippen LogP contribution in [0.2, 0.25) is 0 Å². The summed E-state index contributed by atoms with van der Waals surface area (Å²) in [5, 5.41) is 26.9. The summed E-state index contributed by atoms with van der Waals surface area (Å²) >= 11 is 0. The van der Waals surface area contributed by atoms with Gasteiger partial charge in [0.2, 0.25) is 0 Å². The maximum absolute atomic E-state index is 9.75. The van der Waals surface area contributed by atoms with E-state index in [2.05, 4.69) is 165 Å². The molecule has 9 rings (SSSR count). The Morgan fingerprint density at radius 2 is 0.897 bits per heavy atom. The molecule has 8 aromatic rings. The molecule has 8 aromatic carbocycles. The van der Waals surface area contributed by atoms with Gasteiger partial charge in [0.1, 0.15) is 0 Å². The maximum Gasteiger partial charge on any atom is 0.0991 e. The van der Waals surface area contributed by atoms with Crippen LogP contribution in [0.1, 0.15) is 105 Å². The van der Waals surface area contributed by atoms with E-state index in [1.54, 1.807) is 0 Å². The van der Waals surface area contributed by atoms with Crippen molar-refractivity contribution in [3.8, 4) is 12.1 Å². The summed E-state index contributed by atoms with van der Waals surface area (Å²) < 4.78 is 0. The van der Waals surface area contributed by atoms with E-state index < -0.39 is 0 Å². The minimum atomic E-state index is 0.427. The predicted molar refractivity (Wildman–Crippen MR) is 243 cm³/mol. The molecule has 1 aliphatic rings. The largest absolute Gasteiger partial charge is 0.310 e. The lowest BCUT2D eigenvalue weighted by molar-refractivity contribution is 0.445. The van der Waals surface area contributed by atoms with E-state index in [0.717, 1.165) is 34.1 Å². The number of anilines is 6. The Bertz CT molecular complexity index is 2810. The van der Waals surface area contributed by atoms with Crippen LogP contribution in [0.3, 0.4) is 0 Å². The van der Waals surface area contributed by atoms with Crippen LogP contribution in [-0.4, -0.2) is 0 Å². The fraction of sp³-hybridized carbons (Fsp3) is 0.222. The Kier molecular flexibility index (Phi) is 9.81. The first-order valence-electron chi connectivity index (χ1n) is 20.9. The molecule has 1 aliphatic carbocycles. The van der Waals surface area contributed by atoms with Gasteiger partial charge in [-0.3, -0.25) is 0 Å². The summed E-state index contributed by atoms with van der Waals surface area (Å²) in [6, 6.07) is 55.0. The second kappa shape index (κ2) is 15.4. The van der Waals surface area contributed by atoms with Crippen LogP contribution in [0, 0.1) is 22.7 Å². The zero-order valence-corrected chi connectivity index (χ0v) is 33.8. The fourth-order valence-corrected chi connectivity index (χ4v) is 9.26. The Morgan fingerprint density at radius 3 is 1.40 bits per heavy atom. The van der Waals surface area contributed by atoms with Crippen LogP contribution in [-0.2, 0) is 0 Å². The van der Waals surface area contributed by atoms with Gasteiger partial charge in [-0.1, -0.05) is 102 Å². The molecule has 0 aliphatic heterocycles. The summed E-state index contributed by atoms with van der Waals surface area (Å²) in [4.78, 5) is 4.75. The van der Waals surface area contributed by atoms with E-state index in [4.69, 9.17) is 0 Å². The molecule has 4 nitrogen and oxygen atoms in total. The monoisotopic (exact) mass is 752 g/mol. The van der Waals surface area contributed by atoms with Crippen LogP contribution in [0.15, 0.2) is 140 Å². The number of benzene rings is 8. The summed E-state index contributed by atoms with van der Waals surface area (Å²) in [6.45, 7) is 8.94. The van der Waals surface area contributed by atoms with Gasteiger partial charge in [-0.2, -0.15) is 10.5 Å². The van der Waals surface area contributed by atoms with Gasteiger partial charge >= 0.3 is 0 Å². The molecule has 0 saturated heterocycles. The molecule has 284 valence electrons. The standard InChI is InChI=1S/C54H48N4/c1-35(2)39-14-24-45(25-15-39)57(43-20-10-37(33-55)11-21-43)51-31-19-42-18-28-49-52(32-50(41-8-6-5-7-9-41)47-29-30-48(51)53(42)54(47)49)58(44-22-12-38(34-56)13-23-44)46-26-16-40(17-27-46)36(3)4/h10-32,35-36,41H,5-9H2,1-4H3. The average molecular weight is 753 g/mol. The zero-order chi connectivity index (χ0) is 39.9. The van der Waals surface area contributed by atoms with Gasteiger partial charge in [0.25, 0.3) is 0 Å². The Balaban J connectivity index is 1.34. The third-order valence-electron chi connectivity index (χ3n) is 12.4. The van der Waals surface area contributed by atoms with Crippen molar-refractivity contribution in [2.45, 2.75) is 77.6 Å². The number of hydrogen-bond acceptors (Lipinski definition) is 4. The maximum atomic E-state index is 9.75. The molecule has 0 radical (unpaired) electrons. The topological polar surface area (TPSA) is 54.1 Å². The first-order chi connectivity index (χ1) is 28.3. The lowest BCUT2D eigenvalue weighted by Crippen LogP contribution is -2.13. The van der Waals surface area contributed by atoms with Gasteiger partial charge < -0.3 is 9.80 Å². The number of nitriles is 2. The van der Waals surface area contributed by atoms with Crippen LogP contribution in [0.25, 0.3) is 32.3 Å². The van der Waals surface area contributed by atoms with Crippen molar-refractivity contribution in [3.05, 3.63) is 167 Å². The van der Waals surface area contributed by atoms with Crippen molar-refractivity contribution in [1.29, 1.82) is 10.5 Å². The molecule has 58 heavy (non-hydrogen) atoms. The summed E-state index contributed by atoms with van der Waals surface area (Å²) in [6.07, 6.45) is 6.16. The lowest BCUT2D eigenvalue weighted by atomic mass is 9.79. The lowest BCUT2D eigenvalue weighted by Gasteiger charge is -2.32. The van der Waals surface area contributed by atoms with Crippen molar-refractivity contribution in [2.24, 2.45) is 0 Å². The van der Waals surface area contributed by atoms with Crippen LogP contribution < -0.4 is 9.80 Å². The zero-order valence-electron chi connectivity index (χ0n) is 33.8. The molecule has 0 amide bonds. The molecular formula is C54H48N4. The van der Waals surface area contributed by atoms with Gasteiger partial charge in [0.05, 0.1) is 34.6 Å². The Hall–Kier alpha value is -6.62. The van der Waals surface area contributed by atoms with Crippen LogP contribution >= 0.6 is 0 Å². The number of nitrogens with zero attached hydrogens (tertiary/aromatic N) is 4. The van der Waals surface area contributed by atoms with Crippen molar-refractivity contribution in [1.82, 2.24) is 0 Å². The third-order valence-corrected chi connectivity index (χ3v) is 12.4. The average Bonchev–Trinajstić information content (AvgIpc) is 3.27. The van der Waals surface area contributed by atoms with E-state index in [0.29, 0.717) is 28.9 Å². The van der Waals surface area contributed by atoms with Gasteiger partial charge in [-0.05, 0) is 154 Å². The predicted octanol–water partition coefficient (Wildman–Crippen LogP) is 15.6. The van der Waals surface area contributed by atoms with Crippen molar-refractivity contribution in [2.75, 3.05) is 9.80 Å². The SMILES string of the molecule is CC(C)c1ccc(N(c2ccc(C#N)cc2)c2ccc3ccc4c(N(c5ccc(C#N)cc5)c5ccc(C(C)C)cc5)cc(C5CCCCC5)c5ccc2c3c54)cc1. The normalized spacial score (nSPS) is 13.4. The second-order valence-corrected chi connectivity index (χ2v) is 16.6. The fourth-order valence-electron chi connectivity index (χ4n) is 9.26. The molecular weight excluding hydrogens is 705 g/mol. The van der Waals surface area contributed by atoms with Crippen molar-refractivity contribution >= 4 is 66.4 Å². The van der Waals surface area contributed by atoms with Gasteiger partial charge in [0.15, 0.2) is 0 Å². The van der Waals surface area contributed by atoms with Crippen molar-refractivity contribution < 1.29 is 0 Å². The van der Waals surface area contributed by atoms with Crippen LogP contribution in [0.4, 0.5) is 34.1 Å². The molecule has 0 unspecified atom stereocenters. The molecule has 0 aromatic heterocycles. The first kappa shape index (κ1) is 37.0. The molecule has 0 heterocycles. The van der Waals surface area contributed by atoms with Gasteiger partial charge in [0, 0.05) is 33.5 Å². The quantitative estimate of drug-likeness (QED) is 0.138. The Morgan fingerprint density at radius 1 is 0.466 bits per heavy atom. The summed E-state index contributed by atoms with van der Waals surface area (Å²) in [7, 11) is 0. The highest BCUT2D eigenvalue weighted by molar-refractivity contribution is 6.28.